The predicted molar refractivity (Wildman–Crippen MR) is 73.9 cm³/mol. The third-order valence-electron chi connectivity index (χ3n) is 2.36. The third kappa shape index (κ3) is 3.43. The molecule has 1 heterocycles. The van der Waals surface area contributed by atoms with E-state index in [9.17, 15) is 4.79 Å². The smallest absolute Gasteiger partial charge is 0.250 e. The van der Waals surface area contributed by atoms with Crippen LogP contribution >= 0.6 is 15.9 Å². The molecule has 17 heavy (non-hydrogen) atoms. The van der Waals surface area contributed by atoms with Crippen LogP contribution in [0.2, 0.25) is 0 Å². The Morgan fingerprint density at radius 3 is 2.65 bits per heavy atom. The fourth-order valence-corrected chi connectivity index (χ4v) is 1.89. The van der Waals surface area contributed by atoms with Crippen molar-refractivity contribution < 1.29 is 0 Å². The van der Waals surface area contributed by atoms with Gasteiger partial charge in [0, 0.05) is 23.3 Å². The maximum absolute atomic E-state index is 11.5. The van der Waals surface area contributed by atoms with Gasteiger partial charge in [-0.25, -0.2) is 0 Å². The summed E-state index contributed by atoms with van der Waals surface area (Å²) in [6.45, 7) is 0.577. The molecule has 2 aromatic rings. The fraction of sp³-hybridized carbons (Fsp3) is 0.0714. The van der Waals surface area contributed by atoms with Crippen LogP contribution in [-0.2, 0) is 6.54 Å². The molecule has 0 amide bonds. The number of halogens is 1. The number of nitrogens with zero attached hydrogens (tertiary/aromatic N) is 1. The Balaban J connectivity index is 2.10. The van der Waals surface area contributed by atoms with Crippen molar-refractivity contribution in [3.63, 3.8) is 0 Å². The molecule has 0 spiro atoms. The van der Waals surface area contributed by atoms with Crippen LogP contribution < -0.4 is 5.56 Å². The van der Waals surface area contributed by atoms with E-state index in [-0.39, 0.29) is 5.56 Å². The Hall–Kier alpha value is -1.61. The van der Waals surface area contributed by atoms with Gasteiger partial charge in [0.15, 0.2) is 0 Å². The summed E-state index contributed by atoms with van der Waals surface area (Å²) in [6.07, 6.45) is 5.77. The summed E-state index contributed by atoms with van der Waals surface area (Å²) >= 11 is 3.35. The van der Waals surface area contributed by atoms with Crippen molar-refractivity contribution >= 4 is 22.0 Å². The molecule has 0 atom stereocenters. The Morgan fingerprint density at radius 2 is 1.88 bits per heavy atom. The van der Waals surface area contributed by atoms with E-state index in [0.717, 1.165) is 10.0 Å². The van der Waals surface area contributed by atoms with Crippen LogP contribution in [0.1, 0.15) is 5.56 Å². The molecular weight excluding hydrogens is 278 g/mol. The van der Waals surface area contributed by atoms with E-state index < -0.39 is 0 Å². The van der Waals surface area contributed by atoms with Crippen molar-refractivity contribution in [1.82, 2.24) is 4.57 Å². The van der Waals surface area contributed by atoms with E-state index >= 15 is 0 Å². The van der Waals surface area contributed by atoms with Crippen LogP contribution in [0.25, 0.3) is 6.08 Å². The first-order chi connectivity index (χ1) is 8.25. The van der Waals surface area contributed by atoms with E-state index in [1.165, 1.54) is 0 Å². The van der Waals surface area contributed by atoms with Crippen LogP contribution in [0.15, 0.2) is 64.0 Å². The molecule has 0 aliphatic carbocycles. The lowest BCUT2D eigenvalue weighted by Gasteiger charge is -2.01. The molecule has 0 unspecified atom stereocenters. The minimum absolute atomic E-state index is 0.00547. The standard InChI is InChI=1S/C14H12BrNO/c15-13-8-9-14(17)16(11-13)10-4-7-12-5-2-1-3-6-12/h1-9,11H,10H2/b7-4-. The summed E-state index contributed by atoms with van der Waals surface area (Å²) in [6, 6.07) is 13.3. The molecule has 0 radical (unpaired) electrons. The number of aromatic nitrogens is 1. The highest BCUT2D eigenvalue weighted by Gasteiger charge is 1.93. The Bertz CT molecular complexity index is 572. The minimum atomic E-state index is 0.00547. The molecule has 0 aliphatic heterocycles. The molecular formula is C14H12BrNO. The number of pyridine rings is 1. The van der Waals surface area contributed by atoms with E-state index in [1.54, 1.807) is 22.9 Å². The molecule has 1 aromatic heterocycles. The maximum Gasteiger partial charge on any atom is 0.250 e. The molecule has 2 nitrogen and oxygen atoms in total. The highest BCUT2D eigenvalue weighted by atomic mass is 79.9. The summed E-state index contributed by atoms with van der Waals surface area (Å²) < 4.78 is 2.56. The van der Waals surface area contributed by atoms with Gasteiger partial charge in [-0.15, -0.1) is 0 Å². The SMILES string of the molecule is O=c1ccc(Br)cn1C/C=C\c1ccccc1. The molecule has 86 valence electrons. The molecule has 0 N–H and O–H groups in total. The van der Waals surface area contributed by atoms with Crippen molar-refractivity contribution in [3.05, 3.63) is 75.1 Å². The first-order valence-corrected chi connectivity index (χ1v) is 6.12. The van der Waals surface area contributed by atoms with E-state index in [2.05, 4.69) is 15.9 Å². The van der Waals surface area contributed by atoms with Crippen molar-refractivity contribution in [1.29, 1.82) is 0 Å². The first kappa shape index (κ1) is 11.9. The van der Waals surface area contributed by atoms with Gasteiger partial charge in [-0.3, -0.25) is 4.79 Å². The lowest BCUT2D eigenvalue weighted by Crippen LogP contribution is -2.17. The van der Waals surface area contributed by atoms with Crippen LogP contribution in [0.4, 0.5) is 0 Å². The van der Waals surface area contributed by atoms with Gasteiger partial charge in [0.25, 0.3) is 5.56 Å². The largest absolute Gasteiger partial charge is 0.311 e. The van der Waals surface area contributed by atoms with Gasteiger partial charge in [-0.1, -0.05) is 42.5 Å². The lowest BCUT2D eigenvalue weighted by atomic mass is 10.2. The van der Waals surface area contributed by atoms with Crippen molar-refractivity contribution in [3.8, 4) is 0 Å². The van der Waals surface area contributed by atoms with E-state index in [0.29, 0.717) is 6.54 Å². The van der Waals surface area contributed by atoms with Crippen molar-refractivity contribution in [2.75, 3.05) is 0 Å². The van der Waals surface area contributed by atoms with Crippen LogP contribution in [0, 0.1) is 0 Å². The van der Waals surface area contributed by atoms with Gasteiger partial charge in [0.05, 0.1) is 0 Å². The second-order valence-electron chi connectivity index (χ2n) is 3.65. The lowest BCUT2D eigenvalue weighted by molar-refractivity contribution is 0.777. The number of allylic oxidation sites excluding steroid dienone is 1. The normalized spacial score (nSPS) is 10.9. The molecule has 1 aromatic carbocycles. The highest BCUT2D eigenvalue weighted by molar-refractivity contribution is 9.10. The highest BCUT2D eigenvalue weighted by Crippen LogP contribution is 2.05. The summed E-state index contributed by atoms with van der Waals surface area (Å²) in [5.41, 5.74) is 1.14. The van der Waals surface area contributed by atoms with Crippen molar-refractivity contribution in [2.45, 2.75) is 6.54 Å². The Labute approximate surface area is 108 Å². The number of hydrogen-bond acceptors (Lipinski definition) is 1. The second-order valence-corrected chi connectivity index (χ2v) is 4.57. The summed E-state index contributed by atoms with van der Waals surface area (Å²) in [5.74, 6) is 0. The number of rotatable bonds is 3. The molecule has 0 fully saturated rings. The molecule has 0 saturated heterocycles. The van der Waals surface area contributed by atoms with Gasteiger partial charge in [0.2, 0.25) is 0 Å². The molecule has 3 heteroatoms. The van der Waals surface area contributed by atoms with E-state index in [4.69, 9.17) is 0 Å². The Kier molecular flexibility index (Phi) is 3.94. The monoisotopic (exact) mass is 289 g/mol. The topological polar surface area (TPSA) is 22.0 Å². The Morgan fingerprint density at radius 1 is 1.12 bits per heavy atom. The molecule has 0 bridgehead atoms. The van der Waals surface area contributed by atoms with Gasteiger partial charge >= 0.3 is 0 Å². The summed E-state index contributed by atoms with van der Waals surface area (Å²) in [5, 5.41) is 0. The van der Waals surface area contributed by atoms with Crippen LogP contribution in [0.5, 0.6) is 0 Å². The number of benzene rings is 1. The minimum Gasteiger partial charge on any atom is -0.311 e. The second kappa shape index (κ2) is 5.64. The van der Waals surface area contributed by atoms with Crippen molar-refractivity contribution in [2.24, 2.45) is 0 Å². The van der Waals surface area contributed by atoms with Gasteiger partial charge < -0.3 is 4.57 Å². The fourth-order valence-electron chi connectivity index (χ4n) is 1.51. The average Bonchev–Trinajstić information content (AvgIpc) is 2.35. The first-order valence-electron chi connectivity index (χ1n) is 5.33. The quantitative estimate of drug-likeness (QED) is 0.850. The van der Waals surface area contributed by atoms with E-state index in [1.807, 2.05) is 42.5 Å². The molecule has 0 saturated carbocycles. The predicted octanol–water partition coefficient (Wildman–Crippen LogP) is 3.32. The summed E-state index contributed by atoms with van der Waals surface area (Å²) in [7, 11) is 0. The van der Waals surface area contributed by atoms with Gasteiger partial charge in [-0.05, 0) is 27.6 Å². The molecule has 0 aliphatic rings. The van der Waals surface area contributed by atoms with Crippen LogP contribution in [-0.4, -0.2) is 4.57 Å². The maximum atomic E-state index is 11.5. The van der Waals surface area contributed by atoms with Crippen LogP contribution in [0.3, 0.4) is 0 Å². The van der Waals surface area contributed by atoms with Gasteiger partial charge in [-0.2, -0.15) is 0 Å². The summed E-state index contributed by atoms with van der Waals surface area (Å²) in [4.78, 5) is 11.5. The zero-order valence-electron chi connectivity index (χ0n) is 9.21. The third-order valence-corrected chi connectivity index (χ3v) is 2.83. The average molecular weight is 290 g/mol. The zero-order valence-corrected chi connectivity index (χ0v) is 10.8. The number of hydrogen-bond donors (Lipinski definition) is 0. The zero-order chi connectivity index (χ0) is 12.1. The molecule has 2 rings (SSSR count). The van der Waals surface area contributed by atoms with Gasteiger partial charge in [0.1, 0.15) is 0 Å².